The zero-order chi connectivity index (χ0) is 11.9. The number of hydrogen-bond donors (Lipinski definition) is 0. The van der Waals surface area contributed by atoms with Crippen LogP contribution in [0.1, 0.15) is 0 Å². The molecular formula is C13H8N4O. The van der Waals surface area contributed by atoms with E-state index >= 15 is 0 Å². The van der Waals surface area contributed by atoms with Crippen LogP contribution in [0.2, 0.25) is 0 Å². The Balaban J connectivity index is 2.01. The third-order valence-corrected chi connectivity index (χ3v) is 2.82. The lowest BCUT2D eigenvalue weighted by Gasteiger charge is -1.93. The molecule has 86 valence electrons. The minimum Gasteiger partial charge on any atom is -0.422 e. The van der Waals surface area contributed by atoms with Crippen LogP contribution in [0.5, 0.6) is 0 Å². The van der Waals surface area contributed by atoms with E-state index in [1.165, 1.54) is 0 Å². The molecule has 0 radical (unpaired) electrons. The van der Waals surface area contributed by atoms with Gasteiger partial charge in [-0.3, -0.25) is 0 Å². The average molecular weight is 236 g/mol. The Morgan fingerprint density at radius 3 is 2.56 bits per heavy atom. The Kier molecular flexibility index (Phi) is 1.77. The predicted octanol–water partition coefficient (Wildman–Crippen LogP) is 2.56. The van der Waals surface area contributed by atoms with Gasteiger partial charge >= 0.3 is 6.01 Å². The lowest BCUT2D eigenvalue weighted by Crippen LogP contribution is -1.96. The molecule has 5 nitrogen and oxygen atoms in total. The van der Waals surface area contributed by atoms with E-state index in [-0.39, 0.29) is 0 Å². The highest BCUT2D eigenvalue weighted by Crippen LogP contribution is 2.20. The summed E-state index contributed by atoms with van der Waals surface area (Å²) in [6.45, 7) is 0. The molecule has 2 aromatic heterocycles. The van der Waals surface area contributed by atoms with Gasteiger partial charge in [0.2, 0.25) is 0 Å². The van der Waals surface area contributed by atoms with Crippen molar-refractivity contribution < 1.29 is 4.42 Å². The molecule has 0 aliphatic carbocycles. The maximum absolute atomic E-state index is 5.67. The summed E-state index contributed by atoms with van der Waals surface area (Å²) in [5.41, 5.74) is 3.25. The first-order valence-electron chi connectivity index (χ1n) is 5.58. The van der Waals surface area contributed by atoms with Gasteiger partial charge in [-0.15, -0.1) is 5.10 Å². The molecule has 0 spiro atoms. The second kappa shape index (κ2) is 3.40. The minimum absolute atomic E-state index is 0.435. The van der Waals surface area contributed by atoms with Gasteiger partial charge in [-0.1, -0.05) is 29.5 Å². The smallest absolute Gasteiger partial charge is 0.325 e. The van der Waals surface area contributed by atoms with E-state index < -0.39 is 0 Å². The predicted molar refractivity (Wildman–Crippen MR) is 66.4 cm³/mol. The zero-order valence-electron chi connectivity index (χ0n) is 9.32. The van der Waals surface area contributed by atoms with E-state index in [1.807, 2.05) is 48.5 Å². The molecule has 0 aliphatic rings. The van der Waals surface area contributed by atoms with Crippen LogP contribution in [0.15, 0.2) is 52.9 Å². The lowest BCUT2D eigenvalue weighted by atomic mass is 10.3. The molecular weight excluding hydrogens is 228 g/mol. The van der Waals surface area contributed by atoms with Crippen LogP contribution in [-0.4, -0.2) is 20.0 Å². The minimum atomic E-state index is 0.435. The summed E-state index contributed by atoms with van der Waals surface area (Å²) in [7, 11) is 0. The fourth-order valence-electron chi connectivity index (χ4n) is 1.96. The average Bonchev–Trinajstić information content (AvgIpc) is 3.02. The van der Waals surface area contributed by atoms with E-state index in [0.717, 1.165) is 22.1 Å². The molecule has 0 saturated carbocycles. The standard InChI is InChI=1S/C13H8N4O/c1-3-7-11-9(5-1)15-16-17(11)13-14-10-6-2-4-8-12(10)18-13/h1-8H. The first-order valence-corrected chi connectivity index (χ1v) is 5.58. The summed E-state index contributed by atoms with van der Waals surface area (Å²) in [4.78, 5) is 4.40. The molecule has 0 saturated heterocycles. The summed E-state index contributed by atoms with van der Waals surface area (Å²) >= 11 is 0. The SMILES string of the molecule is c1ccc2oc(-n3nnc4ccccc43)nc2c1. The summed E-state index contributed by atoms with van der Waals surface area (Å²) < 4.78 is 7.28. The maximum atomic E-state index is 5.67. The molecule has 2 heterocycles. The number of nitrogens with zero attached hydrogens (tertiary/aromatic N) is 4. The third kappa shape index (κ3) is 1.24. The Morgan fingerprint density at radius 2 is 1.67 bits per heavy atom. The van der Waals surface area contributed by atoms with Gasteiger partial charge in [0.15, 0.2) is 5.58 Å². The molecule has 2 aromatic carbocycles. The topological polar surface area (TPSA) is 56.7 Å². The highest BCUT2D eigenvalue weighted by molar-refractivity contribution is 5.77. The summed E-state index contributed by atoms with van der Waals surface area (Å²) in [5.74, 6) is 0. The number of fused-ring (bicyclic) bond motifs is 2. The second-order valence-electron chi connectivity index (χ2n) is 3.95. The van der Waals surface area contributed by atoms with Crippen LogP contribution in [0, 0.1) is 0 Å². The Labute approximate surface area is 102 Å². The number of benzene rings is 2. The van der Waals surface area contributed by atoms with E-state index in [9.17, 15) is 0 Å². The highest BCUT2D eigenvalue weighted by atomic mass is 16.4. The molecule has 0 amide bonds. The fraction of sp³-hybridized carbons (Fsp3) is 0. The van der Waals surface area contributed by atoms with Crippen molar-refractivity contribution >= 4 is 22.1 Å². The van der Waals surface area contributed by atoms with E-state index in [2.05, 4.69) is 15.3 Å². The molecule has 5 heteroatoms. The van der Waals surface area contributed by atoms with Crippen molar-refractivity contribution in [3.63, 3.8) is 0 Å². The zero-order valence-corrected chi connectivity index (χ0v) is 9.32. The van der Waals surface area contributed by atoms with Crippen molar-refractivity contribution in [2.45, 2.75) is 0 Å². The molecule has 4 aromatic rings. The quantitative estimate of drug-likeness (QED) is 0.509. The number of aromatic nitrogens is 4. The normalized spacial score (nSPS) is 11.3. The van der Waals surface area contributed by atoms with Crippen LogP contribution in [0.25, 0.3) is 28.1 Å². The number of hydrogen-bond acceptors (Lipinski definition) is 4. The van der Waals surface area contributed by atoms with Crippen LogP contribution >= 0.6 is 0 Å². The molecule has 0 unspecified atom stereocenters. The van der Waals surface area contributed by atoms with Crippen LogP contribution < -0.4 is 0 Å². The molecule has 0 fully saturated rings. The molecule has 4 rings (SSSR count). The van der Waals surface area contributed by atoms with Gasteiger partial charge in [0.25, 0.3) is 0 Å². The Morgan fingerprint density at radius 1 is 0.889 bits per heavy atom. The molecule has 0 N–H and O–H groups in total. The number of para-hydroxylation sites is 3. The Hall–Kier alpha value is -2.69. The molecule has 0 bridgehead atoms. The monoisotopic (exact) mass is 236 g/mol. The molecule has 18 heavy (non-hydrogen) atoms. The lowest BCUT2D eigenvalue weighted by molar-refractivity contribution is 0.542. The van der Waals surface area contributed by atoms with E-state index in [4.69, 9.17) is 4.42 Å². The van der Waals surface area contributed by atoms with Crippen molar-refractivity contribution in [3.8, 4) is 6.01 Å². The van der Waals surface area contributed by atoms with Crippen molar-refractivity contribution in [1.29, 1.82) is 0 Å². The van der Waals surface area contributed by atoms with Gasteiger partial charge in [0.05, 0.1) is 5.52 Å². The summed E-state index contributed by atoms with van der Waals surface area (Å²) in [5, 5.41) is 8.15. The highest BCUT2D eigenvalue weighted by Gasteiger charge is 2.11. The first-order chi connectivity index (χ1) is 8.92. The second-order valence-corrected chi connectivity index (χ2v) is 3.95. The van der Waals surface area contributed by atoms with Crippen LogP contribution in [-0.2, 0) is 0 Å². The van der Waals surface area contributed by atoms with Gasteiger partial charge in [0.1, 0.15) is 11.0 Å². The van der Waals surface area contributed by atoms with Gasteiger partial charge in [-0.25, -0.2) is 0 Å². The van der Waals surface area contributed by atoms with Crippen molar-refractivity contribution in [3.05, 3.63) is 48.5 Å². The van der Waals surface area contributed by atoms with Crippen molar-refractivity contribution in [2.75, 3.05) is 0 Å². The van der Waals surface area contributed by atoms with Crippen LogP contribution in [0.4, 0.5) is 0 Å². The van der Waals surface area contributed by atoms with Crippen molar-refractivity contribution in [1.82, 2.24) is 20.0 Å². The summed E-state index contributed by atoms with van der Waals surface area (Å²) in [6.07, 6.45) is 0. The van der Waals surface area contributed by atoms with Gasteiger partial charge in [-0.2, -0.15) is 9.67 Å². The van der Waals surface area contributed by atoms with Gasteiger partial charge < -0.3 is 4.42 Å². The largest absolute Gasteiger partial charge is 0.422 e. The summed E-state index contributed by atoms with van der Waals surface area (Å²) in [6, 6.07) is 15.8. The van der Waals surface area contributed by atoms with E-state index in [0.29, 0.717) is 6.01 Å². The fourth-order valence-corrected chi connectivity index (χ4v) is 1.96. The first kappa shape index (κ1) is 9.35. The number of oxazole rings is 1. The number of rotatable bonds is 1. The van der Waals surface area contributed by atoms with Crippen LogP contribution in [0.3, 0.4) is 0 Å². The van der Waals surface area contributed by atoms with E-state index in [1.54, 1.807) is 4.68 Å². The maximum Gasteiger partial charge on any atom is 0.325 e. The van der Waals surface area contributed by atoms with Gasteiger partial charge in [0, 0.05) is 0 Å². The molecule has 0 atom stereocenters. The van der Waals surface area contributed by atoms with Crippen molar-refractivity contribution in [2.24, 2.45) is 0 Å². The van der Waals surface area contributed by atoms with Gasteiger partial charge in [-0.05, 0) is 24.3 Å². The third-order valence-electron chi connectivity index (χ3n) is 2.82. The molecule has 0 aliphatic heterocycles. The Bertz CT molecular complexity index is 813.